The highest BCUT2D eigenvalue weighted by molar-refractivity contribution is 5.28. The van der Waals surface area contributed by atoms with Crippen molar-refractivity contribution in [3.05, 3.63) is 35.1 Å². The lowest BCUT2D eigenvalue weighted by Gasteiger charge is -2.10. The second kappa shape index (κ2) is 3.57. The summed E-state index contributed by atoms with van der Waals surface area (Å²) in [4.78, 5) is 0. The number of nitrogens with two attached hydrogens (primary N) is 1. The number of alkyl halides is 3. The maximum absolute atomic E-state index is 12.9. The Hall–Kier alpha value is -1.10. The van der Waals surface area contributed by atoms with Crippen LogP contribution in [-0.4, -0.2) is 0 Å². The lowest BCUT2D eigenvalue weighted by molar-refractivity contribution is -0.140. The van der Waals surface area contributed by atoms with Crippen molar-refractivity contribution in [2.24, 2.45) is 5.73 Å². The van der Waals surface area contributed by atoms with Gasteiger partial charge in [-0.25, -0.2) is 4.39 Å². The Balaban J connectivity index is 3.15. The molecular formula is C9H9F4N. The smallest absolute Gasteiger partial charge is 0.324 e. The molecular weight excluding hydrogens is 198 g/mol. The van der Waals surface area contributed by atoms with Crippen molar-refractivity contribution in [2.75, 3.05) is 0 Å². The molecule has 0 fully saturated rings. The van der Waals surface area contributed by atoms with E-state index in [2.05, 4.69) is 0 Å². The highest BCUT2D eigenvalue weighted by atomic mass is 19.4. The van der Waals surface area contributed by atoms with Crippen molar-refractivity contribution >= 4 is 0 Å². The van der Waals surface area contributed by atoms with Crippen molar-refractivity contribution in [2.45, 2.75) is 19.1 Å². The molecule has 0 aliphatic rings. The van der Waals surface area contributed by atoms with Gasteiger partial charge < -0.3 is 5.73 Å². The molecule has 1 rings (SSSR count). The van der Waals surface area contributed by atoms with Gasteiger partial charge in [-0.2, -0.15) is 13.2 Å². The third-order valence-corrected chi connectivity index (χ3v) is 1.82. The van der Waals surface area contributed by atoms with Crippen molar-refractivity contribution in [3.63, 3.8) is 0 Å². The third-order valence-electron chi connectivity index (χ3n) is 1.82. The van der Waals surface area contributed by atoms with Gasteiger partial charge in [-0.3, -0.25) is 0 Å². The van der Waals surface area contributed by atoms with Crippen molar-refractivity contribution < 1.29 is 17.6 Å². The summed E-state index contributed by atoms with van der Waals surface area (Å²) in [6, 6.07) is 2.21. The molecule has 0 aliphatic heterocycles. The topological polar surface area (TPSA) is 26.0 Å². The number of hydrogen-bond acceptors (Lipinski definition) is 1. The van der Waals surface area contributed by atoms with Crippen molar-refractivity contribution in [1.82, 2.24) is 0 Å². The molecule has 1 aromatic rings. The van der Waals surface area contributed by atoms with Crippen LogP contribution in [0.15, 0.2) is 18.2 Å². The van der Waals surface area contributed by atoms with Crippen LogP contribution in [0.5, 0.6) is 0 Å². The minimum Gasteiger partial charge on any atom is -0.324 e. The molecule has 1 nitrogen and oxygen atoms in total. The Morgan fingerprint density at radius 1 is 1.29 bits per heavy atom. The lowest BCUT2D eigenvalue weighted by atomic mass is 10.1. The first-order valence-corrected chi connectivity index (χ1v) is 3.94. The fourth-order valence-corrected chi connectivity index (χ4v) is 1.04. The van der Waals surface area contributed by atoms with Crippen LogP contribution in [0.1, 0.15) is 24.1 Å². The number of halogens is 4. The Bertz CT molecular complexity index is 330. The standard InChI is InChI=1S/C9H9F4N/c1-5(14)6-2-3-7(8(10)4-6)9(11,12)13/h2-5H,14H2,1H3. The predicted octanol–water partition coefficient (Wildman–Crippen LogP) is 2.86. The van der Waals surface area contributed by atoms with Crippen molar-refractivity contribution in [3.8, 4) is 0 Å². The first-order valence-electron chi connectivity index (χ1n) is 3.94. The highest BCUT2D eigenvalue weighted by Crippen LogP contribution is 2.32. The first-order chi connectivity index (χ1) is 6.32. The monoisotopic (exact) mass is 207 g/mol. The summed E-state index contributed by atoms with van der Waals surface area (Å²) in [6.07, 6.45) is -4.65. The van der Waals surface area contributed by atoms with Gasteiger partial charge in [-0.15, -0.1) is 0 Å². The Morgan fingerprint density at radius 3 is 2.21 bits per heavy atom. The van der Waals surface area contributed by atoms with Crippen LogP contribution < -0.4 is 5.73 Å². The molecule has 1 atom stereocenters. The molecule has 0 bridgehead atoms. The van der Waals surface area contributed by atoms with E-state index in [-0.39, 0.29) is 0 Å². The summed E-state index contributed by atoms with van der Waals surface area (Å²) < 4.78 is 49.3. The van der Waals surface area contributed by atoms with Gasteiger partial charge in [0.2, 0.25) is 0 Å². The second-order valence-electron chi connectivity index (χ2n) is 3.03. The molecule has 0 saturated carbocycles. The zero-order valence-electron chi connectivity index (χ0n) is 7.40. The fourth-order valence-electron chi connectivity index (χ4n) is 1.04. The molecule has 0 aromatic heterocycles. The molecule has 5 heteroatoms. The quantitative estimate of drug-likeness (QED) is 0.704. The molecule has 78 valence electrons. The van der Waals surface area contributed by atoms with E-state index in [1.165, 1.54) is 6.07 Å². The van der Waals surface area contributed by atoms with Gasteiger partial charge in [0.15, 0.2) is 0 Å². The van der Waals surface area contributed by atoms with E-state index in [0.717, 1.165) is 6.07 Å². The largest absolute Gasteiger partial charge is 0.419 e. The molecule has 1 unspecified atom stereocenters. The zero-order chi connectivity index (χ0) is 10.9. The van der Waals surface area contributed by atoms with E-state index < -0.39 is 23.6 Å². The lowest BCUT2D eigenvalue weighted by Crippen LogP contribution is -2.11. The van der Waals surface area contributed by atoms with Crippen LogP contribution in [0.2, 0.25) is 0 Å². The maximum Gasteiger partial charge on any atom is 0.419 e. The minimum absolute atomic E-state index is 0.343. The zero-order valence-corrected chi connectivity index (χ0v) is 7.40. The molecule has 0 saturated heterocycles. The molecule has 14 heavy (non-hydrogen) atoms. The Morgan fingerprint density at radius 2 is 1.86 bits per heavy atom. The molecule has 0 radical (unpaired) electrons. The van der Waals surface area contributed by atoms with Crippen molar-refractivity contribution in [1.29, 1.82) is 0 Å². The van der Waals surface area contributed by atoms with Crippen LogP contribution in [0, 0.1) is 5.82 Å². The highest BCUT2D eigenvalue weighted by Gasteiger charge is 2.33. The van der Waals surface area contributed by atoms with Gasteiger partial charge in [-0.1, -0.05) is 6.07 Å². The summed E-state index contributed by atoms with van der Waals surface area (Å²) in [6.45, 7) is 1.57. The van der Waals surface area contributed by atoms with E-state index in [1.54, 1.807) is 6.92 Å². The fraction of sp³-hybridized carbons (Fsp3) is 0.333. The number of hydrogen-bond donors (Lipinski definition) is 1. The first kappa shape index (κ1) is 11.0. The van der Waals surface area contributed by atoms with Gasteiger partial charge >= 0.3 is 6.18 Å². The maximum atomic E-state index is 12.9. The van der Waals surface area contributed by atoms with E-state index >= 15 is 0 Å². The van der Waals surface area contributed by atoms with Gasteiger partial charge in [0.25, 0.3) is 0 Å². The van der Waals surface area contributed by atoms with Crippen LogP contribution in [0.25, 0.3) is 0 Å². The summed E-state index contributed by atoms with van der Waals surface area (Å²) >= 11 is 0. The van der Waals surface area contributed by atoms with E-state index in [0.29, 0.717) is 11.6 Å². The summed E-state index contributed by atoms with van der Waals surface area (Å²) in [5.41, 5.74) is 4.47. The normalized spacial score (nSPS) is 14.1. The average Bonchev–Trinajstić information content (AvgIpc) is 2.01. The Kier molecular flexibility index (Phi) is 2.80. The molecule has 0 heterocycles. The van der Waals surface area contributed by atoms with Gasteiger partial charge in [-0.05, 0) is 24.6 Å². The van der Waals surface area contributed by atoms with Crippen LogP contribution in [-0.2, 0) is 6.18 Å². The number of benzene rings is 1. The summed E-state index contributed by atoms with van der Waals surface area (Å²) in [5, 5.41) is 0. The number of rotatable bonds is 1. The molecule has 2 N–H and O–H groups in total. The van der Waals surface area contributed by atoms with E-state index in [9.17, 15) is 17.6 Å². The van der Waals surface area contributed by atoms with Crippen LogP contribution in [0.3, 0.4) is 0 Å². The van der Waals surface area contributed by atoms with E-state index in [1.807, 2.05) is 0 Å². The van der Waals surface area contributed by atoms with Gasteiger partial charge in [0, 0.05) is 6.04 Å². The minimum atomic E-state index is -4.65. The molecule has 0 amide bonds. The summed E-state index contributed by atoms with van der Waals surface area (Å²) in [7, 11) is 0. The predicted molar refractivity (Wildman–Crippen MR) is 44.0 cm³/mol. The molecule has 1 aromatic carbocycles. The van der Waals surface area contributed by atoms with Gasteiger partial charge in [0.1, 0.15) is 5.82 Å². The SMILES string of the molecule is CC(N)c1ccc(C(F)(F)F)c(F)c1. The van der Waals surface area contributed by atoms with Crippen LogP contribution >= 0.6 is 0 Å². The Labute approximate surface area is 78.5 Å². The van der Waals surface area contributed by atoms with E-state index in [4.69, 9.17) is 5.73 Å². The average molecular weight is 207 g/mol. The molecule has 0 aliphatic carbocycles. The van der Waals surface area contributed by atoms with Gasteiger partial charge in [0.05, 0.1) is 5.56 Å². The molecule has 0 spiro atoms. The third kappa shape index (κ3) is 2.23. The summed E-state index contributed by atoms with van der Waals surface area (Å²) in [5.74, 6) is -1.28. The van der Waals surface area contributed by atoms with Crippen LogP contribution in [0.4, 0.5) is 17.6 Å². The second-order valence-corrected chi connectivity index (χ2v) is 3.03.